The van der Waals surface area contributed by atoms with Crippen molar-refractivity contribution in [2.24, 2.45) is 0 Å². The normalized spacial score (nSPS) is 29.6. The van der Waals surface area contributed by atoms with Crippen LogP contribution in [0.15, 0.2) is 23.4 Å². The van der Waals surface area contributed by atoms with Crippen molar-refractivity contribution in [2.45, 2.75) is 17.0 Å². The molecule has 0 aliphatic carbocycles. The molecule has 1 saturated heterocycles. The van der Waals surface area contributed by atoms with E-state index < -0.39 is 5.97 Å². The van der Waals surface area contributed by atoms with Crippen molar-refractivity contribution >= 4 is 47.5 Å². The first-order valence-electron chi connectivity index (χ1n) is 5.59. The van der Waals surface area contributed by atoms with Gasteiger partial charge in [-0.3, -0.25) is 9.69 Å². The number of thioether (sulfide) groups is 1. The molecule has 9 heteroatoms. The Morgan fingerprint density at radius 2 is 2.47 bits per heavy atom. The van der Waals surface area contributed by atoms with Crippen LogP contribution in [0.25, 0.3) is 0 Å². The number of hydrogen-bond acceptors (Lipinski definition) is 7. The number of carbonyl (C=O) groups is 2. The van der Waals surface area contributed by atoms with Gasteiger partial charge in [0.1, 0.15) is 5.70 Å². The largest absolute Gasteiger partial charge is 0.477 e. The molecule has 0 aromatic rings. The second-order valence-corrected chi connectivity index (χ2v) is 7.50. The van der Waals surface area contributed by atoms with Crippen molar-refractivity contribution in [2.75, 3.05) is 5.75 Å². The van der Waals surface area contributed by atoms with Gasteiger partial charge in [-0.1, -0.05) is 0 Å². The summed E-state index contributed by atoms with van der Waals surface area (Å²) in [6.07, 6.45) is 3.97. The number of aliphatic carboxylic acids is 1. The molecule has 102 valence electrons. The summed E-state index contributed by atoms with van der Waals surface area (Å²) in [5.74, 6) is -0.358. The smallest absolute Gasteiger partial charge is 0.352 e. The lowest BCUT2D eigenvalue weighted by atomic mass is 10.1. The first-order valence-corrected chi connectivity index (χ1v) is 8.31. The van der Waals surface area contributed by atoms with E-state index in [-0.39, 0.29) is 22.2 Å². The van der Waals surface area contributed by atoms with Crippen molar-refractivity contribution in [3.8, 4) is 0 Å². The van der Waals surface area contributed by atoms with Gasteiger partial charge in [0.25, 0.3) is 0 Å². The Morgan fingerprint density at radius 1 is 1.63 bits per heavy atom. The fourth-order valence-electron chi connectivity index (χ4n) is 1.96. The summed E-state index contributed by atoms with van der Waals surface area (Å²) in [4.78, 5) is 24.0. The van der Waals surface area contributed by atoms with Gasteiger partial charge in [-0.25, -0.2) is 4.79 Å². The number of fused-ring (bicyclic) bond motifs is 1. The number of nitrogens with zero attached hydrogens (tertiary/aromatic N) is 2. The first-order chi connectivity index (χ1) is 9.15. The highest BCUT2D eigenvalue weighted by Crippen LogP contribution is 2.42. The average molecular weight is 317 g/mol. The molecule has 3 aliphatic heterocycles. The van der Waals surface area contributed by atoms with E-state index >= 15 is 0 Å². The first kappa shape index (κ1) is 13.2. The van der Waals surface area contributed by atoms with E-state index in [1.807, 2.05) is 15.4 Å². The van der Waals surface area contributed by atoms with Gasteiger partial charge in [0.2, 0.25) is 5.91 Å². The minimum atomic E-state index is -1.02. The summed E-state index contributed by atoms with van der Waals surface area (Å²) in [6, 6.07) is 0. The van der Waals surface area contributed by atoms with Gasteiger partial charge in [0.05, 0.1) is 11.8 Å². The lowest BCUT2D eigenvalue weighted by molar-refractivity contribution is -0.146. The Morgan fingerprint density at radius 3 is 3.11 bits per heavy atom. The van der Waals surface area contributed by atoms with Crippen LogP contribution in [-0.4, -0.2) is 42.1 Å². The number of carboxylic acids is 1. The highest BCUT2D eigenvalue weighted by atomic mass is 32.2. The van der Waals surface area contributed by atoms with Gasteiger partial charge in [-0.15, -0.1) is 15.6 Å². The zero-order chi connectivity index (χ0) is 13.4. The van der Waals surface area contributed by atoms with Crippen LogP contribution in [0.3, 0.4) is 0 Å². The SMILES string of the molecule is O=C(O)C1=CC(CSN2NC=CS2)S[C@@H]2CC(=O)N12. The fraction of sp³-hybridized carbons (Fsp3) is 0.400. The maximum absolute atomic E-state index is 11.4. The molecule has 0 spiro atoms. The highest BCUT2D eigenvalue weighted by Gasteiger charge is 2.45. The van der Waals surface area contributed by atoms with Gasteiger partial charge >= 0.3 is 5.97 Å². The monoisotopic (exact) mass is 317 g/mol. The van der Waals surface area contributed by atoms with Crippen molar-refractivity contribution in [1.82, 2.24) is 14.1 Å². The Kier molecular flexibility index (Phi) is 3.70. The summed E-state index contributed by atoms with van der Waals surface area (Å²) in [5.41, 5.74) is 3.17. The maximum Gasteiger partial charge on any atom is 0.352 e. The molecule has 19 heavy (non-hydrogen) atoms. The second kappa shape index (κ2) is 5.31. The number of nitrogens with one attached hydrogen (secondary N) is 1. The molecule has 1 unspecified atom stereocenters. The molecule has 3 heterocycles. The van der Waals surface area contributed by atoms with Crippen LogP contribution in [0.1, 0.15) is 6.42 Å². The molecule has 3 rings (SSSR count). The number of β-lactam (4-membered cyclic amide) rings is 1. The molecule has 0 aromatic heterocycles. The van der Waals surface area contributed by atoms with Crippen LogP contribution in [0.2, 0.25) is 0 Å². The molecular formula is C10H11N3O3S3. The van der Waals surface area contributed by atoms with Crippen molar-refractivity contribution < 1.29 is 14.7 Å². The standard InChI is InChI=1S/C10H11N3O3S3/c14-8-4-9-12(8)7(10(15)16)3-6(19-9)5-18-13-11-1-2-17-13/h1-3,6,9,11H,4-5H2,(H,15,16)/t6?,9-/m1/s1. The Bertz CT molecular complexity index is 474. The van der Waals surface area contributed by atoms with Crippen LogP contribution in [0, 0.1) is 0 Å². The van der Waals surface area contributed by atoms with Gasteiger partial charge < -0.3 is 10.5 Å². The van der Waals surface area contributed by atoms with E-state index in [0.717, 1.165) is 5.75 Å². The van der Waals surface area contributed by atoms with Crippen LogP contribution in [0.4, 0.5) is 0 Å². The minimum absolute atomic E-state index is 0.00786. The topological polar surface area (TPSA) is 72.9 Å². The molecular weight excluding hydrogens is 306 g/mol. The van der Waals surface area contributed by atoms with Crippen LogP contribution in [-0.2, 0) is 9.59 Å². The van der Waals surface area contributed by atoms with Gasteiger partial charge in [0.15, 0.2) is 0 Å². The molecule has 0 aromatic carbocycles. The van der Waals surface area contributed by atoms with Crippen molar-refractivity contribution in [3.05, 3.63) is 23.4 Å². The lowest BCUT2D eigenvalue weighted by Gasteiger charge is -2.44. The number of rotatable bonds is 4. The Labute approximate surface area is 122 Å². The van der Waals surface area contributed by atoms with Gasteiger partial charge in [0, 0.05) is 22.6 Å². The Hall–Kier alpha value is -0.770. The van der Waals surface area contributed by atoms with Crippen molar-refractivity contribution in [3.63, 3.8) is 0 Å². The van der Waals surface area contributed by atoms with E-state index in [1.54, 1.807) is 41.7 Å². The highest BCUT2D eigenvalue weighted by molar-refractivity contribution is 8.14. The molecule has 3 aliphatic rings. The summed E-state index contributed by atoms with van der Waals surface area (Å²) < 4.78 is 1.91. The molecule has 0 radical (unpaired) electrons. The number of hydrazine groups is 1. The molecule has 2 atom stereocenters. The fourth-order valence-corrected chi connectivity index (χ4v) is 5.10. The Balaban J connectivity index is 1.64. The molecule has 0 saturated carbocycles. The third-order valence-corrected chi connectivity index (χ3v) is 6.35. The predicted molar refractivity (Wildman–Crippen MR) is 76.5 cm³/mol. The number of amides is 1. The summed E-state index contributed by atoms with van der Waals surface area (Å²) >= 11 is 4.79. The molecule has 2 N–H and O–H groups in total. The van der Waals surface area contributed by atoms with Gasteiger partial charge in [-0.05, 0) is 30.0 Å². The average Bonchev–Trinajstić information content (AvgIpc) is 2.87. The van der Waals surface area contributed by atoms with E-state index in [4.69, 9.17) is 5.11 Å². The maximum atomic E-state index is 11.4. The second-order valence-electron chi connectivity index (χ2n) is 4.04. The molecule has 1 amide bonds. The van der Waals surface area contributed by atoms with Crippen LogP contribution < -0.4 is 5.43 Å². The zero-order valence-corrected chi connectivity index (χ0v) is 12.1. The molecule has 6 nitrogen and oxygen atoms in total. The van der Waals surface area contributed by atoms with Gasteiger partial charge in [-0.2, -0.15) is 0 Å². The summed E-state index contributed by atoms with van der Waals surface area (Å²) in [7, 11) is 0. The van der Waals surface area contributed by atoms with E-state index in [0.29, 0.717) is 6.42 Å². The van der Waals surface area contributed by atoms with E-state index in [9.17, 15) is 9.59 Å². The third-order valence-electron chi connectivity index (χ3n) is 2.82. The van der Waals surface area contributed by atoms with E-state index in [1.165, 1.54) is 4.90 Å². The quantitative estimate of drug-likeness (QED) is 0.592. The van der Waals surface area contributed by atoms with Crippen LogP contribution >= 0.6 is 35.7 Å². The number of carbonyl (C=O) groups excluding carboxylic acids is 1. The third kappa shape index (κ3) is 2.60. The molecule has 1 fully saturated rings. The predicted octanol–water partition coefficient (Wildman–Crippen LogP) is 1.22. The molecule has 0 bridgehead atoms. The van der Waals surface area contributed by atoms with Crippen molar-refractivity contribution in [1.29, 1.82) is 0 Å². The lowest BCUT2D eigenvalue weighted by Crippen LogP contribution is -2.54. The zero-order valence-electron chi connectivity index (χ0n) is 9.68. The van der Waals surface area contributed by atoms with Crippen LogP contribution in [0.5, 0.6) is 0 Å². The minimum Gasteiger partial charge on any atom is -0.477 e. The summed E-state index contributed by atoms with van der Waals surface area (Å²) in [5, 5.41) is 11.2. The van der Waals surface area contributed by atoms with E-state index in [2.05, 4.69) is 5.43 Å². The number of carboxylic acid groups (broad SMARTS) is 1. The number of hydrogen-bond donors (Lipinski definition) is 2. The summed E-state index contributed by atoms with van der Waals surface area (Å²) in [6.45, 7) is 0.